The molecular formula is C24H19BrN4O5. The van der Waals surface area contributed by atoms with Gasteiger partial charge in [-0.2, -0.15) is 5.10 Å². The van der Waals surface area contributed by atoms with Crippen LogP contribution in [0.2, 0.25) is 0 Å². The molecule has 172 valence electrons. The minimum absolute atomic E-state index is 0.158. The van der Waals surface area contributed by atoms with E-state index in [1.165, 1.54) is 6.20 Å². The van der Waals surface area contributed by atoms with Crippen molar-refractivity contribution in [1.29, 1.82) is 0 Å². The number of piperidine rings is 1. The molecule has 0 radical (unpaired) electrons. The Morgan fingerprint density at radius 2 is 2.06 bits per heavy atom. The molecule has 1 aromatic heterocycles. The number of halogens is 1. The molecule has 0 aliphatic carbocycles. The molecule has 3 heterocycles. The number of nitrogens with zero attached hydrogens (tertiary/aromatic N) is 2. The third kappa shape index (κ3) is 4.24. The topological polar surface area (TPSA) is 119 Å². The molecule has 1 saturated heterocycles. The Balaban J connectivity index is 1.31. The lowest BCUT2D eigenvalue weighted by Gasteiger charge is -2.21. The van der Waals surface area contributed by atoms with Gasteiger partial charge in [0.15, 0.2) is 0 Å². The van der Waals surface area contributed by atoms with Crippen LogP contribution < -0.4 is 20.9 Å². The van der Waals surface area contributed by atoms with Crippen molar-refractivity contribution in [1.82, 2.24) is 20.4 Å². The summed E-state index contributed by atoms with van der Waals surface area (Å²) in [6, 6.07) is 9.98. The molecule has 3 aromatic rings. The number of benzene rings is 2. The van der Waals surface area contributed by atoms with Crippen molar-refractivity contribution in [2.75, 3.05) is 6.61 Å². The van der Waals surface area contributed by atoms with Crippen LogP contribution in [0.3, 0.4) is 0 Å². The van der Waals surface area contributed by atoms with Crippen LogP contribution in [0, 0.1) is 0 Å². The highest BCUT2D eigenvalue weighted by Gasteiger charge is 2.30. The molecular weight excluding hydrogens is 504 g/mol. The summed E-state index contributed by atoms with van der Waals surface area (Å²) in [5, 5.41) is 10.3. The maximum absolute atomic E-state index is 12.9. The quantitative estimate of drug-likeness (QED) is 0.507. The average Bonchev–Trinajstić information content (AvgIpc) is 2.83. The number of carbonyl (C=O) groups is 3. The van der Waals surface area contributed by atoms with Gasteiger partial charge in [0, 0.05) is 28.4 Å². The summed E-state index contributed by atoms with van der Waals surface area (Å²) in [5.74, 6) is -0.392. The van der Waals surface area contributed by atoms with E-state index in [1.54, 1.807) is 24.3 Å². The minimum Gasteiger partial charge on any atom is -0.488 e. The van der Waals surface area contributed by atoms with Crippen molar-refractivity contribution in [3.05, 3.63) is 74.1 Å². The third-order valence-corrected chi connectivity index (χ3v) is 6.30. The summed E-state index contributed by atoms with van der Waals surface area (Å²) in [6.45, 7) is 0.440. The Morgan fingerprint density at radius 3 is 2.88 bits per heavy atom. The van der Waals surface area contributed by atoms with Crippen LogP contribution in [0.4, 0.5) is 0 Å². The van der Waals surface area contributed by atoms with Crippen molar-refractivity contribution < 1.29 is 19.1 Å². The van der Waals surface area contributed by atoms with Crippen LogP contribution in [0.1, 0.15) is 30.0 Å². The highest BCUT2D eigenvalue weighted by molar-refractivity contribution is 9.10. The highest BCUT2D eigenvalue weighted by atomic mass is 79.9. The van der Waals surface area contributed by atoms with Crippen LogP contribution in [0.15, 0.2) is 57.4 Å². The maximum atomic E-state index is 12.9. The van der Waals surface area contributed by atoms with Crippen molar-refractivity contribution in [3.63, 3.8) is 0 Å². The van der Waals surface area contributed by atoms with Gasteiger partial charge in [-0.1, -0.05) is 22.0 Å². The first-order valence-electron chi connectivity index (χ1n) is 10.6. The fourth-order valence-electron chi connectivity index (χ4n) is 4.04. The summed E-state index contributed by atoms with van der Waals surface area (Å²) < 4.78 is 7.69. The number of nitrogens with one attached hydrogen (secondary N) is 2. The predicted octanol–water partition coefficient (Wildman–Crippen LogP) is 2.23. The summed E-state index contributed by atoms with van der Waals surface area (Å²) in [5.41, 5.74) is 1.73. The Bertz CT molecular complexity index is 1450. The molecule has 2 aliphatic heterocycles. The molecule has 34 heavy (non-hydrogen) atoms. The summed E-state index contributed by atoms with van der Waals surface area (Å²) in [4.78, 5) is 49.1. The number of fused-ring (bicyclic) bond motifs is 2. The van der Waals surface area contributed by atoms with E-state index in [-0.39, 0.29) is 37.8 Å². The van der Waals surface area contributed by atoms with Crippen molar-refractivity contribution in [2.45, 2.75) is 25.4 Å². The Labute approximate surface area is 201 Å². The SMILES string of the molecule is O=C1CCC(n2ncc3cc(CNC(=O)C4=Cc5cc(Br)ccc5OC4)ccc3c2=O)C(=O)N1. The number of rotatable bonds is 4. The highest BCUT2D eigenvalue weighted by Crippen LogP contribution is 2.29. The molecule has 9 nitrogen and oxygen atoms in total. The van der Waals surface area contributed by atoms with Crippen LogP contribution in [0.5, 0.6) is 5.75 Å². The van der Waals surface area contributed by atoms with E-state index >= 15 is 0 Å². The molecule has 10 heteroatoms. The lowest BCUT2D eigenvalue weighted by molar-refractivity contribution is -0.136. The first-order chi connectivity index (χ1) is 16.4. The molecule has 0 saturated carbocycles. The van der Waals surface area contributed by atoms with Gasteiger partial charge < -0.3 is 10.1 Å². The standard InChI is InChI=1S/C24H19BrN4O5/c25-17-2-5-20-14(9-17)8-16(12-34-20)22(31)26-10-13-1-3-18-15(7-13)11-27-29(24(18)33)19-4-6-21(30)28-23(19)32/h1-3,5,7-9,11,19H,4,6,10,12H2,(H,26,31)(H,28,30,32). The first-order valence-corrected chi connectivity index (χ1v) is 11.4. The van der Waals surface area contributed by atoms with Crippen LogP contribution in [-0.2, 0) is 20.9 Å². The van der Waals surface area contributed by atoms with Crippen molar-refractivity contribution in [2.24, 2.45) is 0 Å². The molecule has 0 bridgehead atoms. The van der Waals surface area contributed by atoms with Crippen molar-refractivity contribution in [3.8, 4) is 5.75 Å². The zero-order chi connectivity index (χ0) is 23.8. The van der Waals surface area contributed by atoms with E-state index in [0.717, 1.165) is 26.0 Å². The molecule has 2 N–H and O–H groups in total. The van der Waals surface area contributed by atoms with E-state index in [0.29, 0.717) is 16.3 Å². The maximum Gasteiger partial charge on any atom is 0.275 e. The van der Waals surface area contributed by atoms with Crippen LogP contribution in [0.25, 0.3) is 16.8 Å². The van der Waals surface area contributed by atoms with Crippen LogP contribution >= 0.6 is 15.9 Å². The van der Waals surface area contributed by atoms with Gasteiger partial charge in [-0.05, 0) is 48.4 Å². The fraction of sp³-hybridized carbons (Fsp3) is 0.208. The normalized spacial score (nSPS) is 17.4. The van der Waals surface area contributed by atoms with E-state index in [1.807, 2.05) is 18.2 Å². The van der Waals surface area contributed by atoms with E-state index in [9.17, 15) is 19.2 Å². The number of amides is 3. The lowest BCUT2D eigenvalue weighted by Crippen LogP contribution is -2.45. The molecule has 2 aliphatic rings. The second-order valence-electron chi connectivity index (χ2n) is 8.11. The van der Waals surface area contributed by atoms with Gasteiger partial charge in [0.05, 0.1) is 17.2 Å². The Hall–Kier alpha value is -3.79. The Morgan fingerprint density at radius 1 is 1.21 bits per heavy atom. The number of hydrogen-bond acceptors (Lipinski definition) is 6. The number of aromatic nitrogens is 2. The monoisotopic (exact) mass is 522 g/mol. The van der Waals surface area contributed by atoms with E-state index < -0.39 is 17.5 Å². The largest absolute Gasteiger partial charge is 0.488 e. The molecule has 5 rings (SSSR count). The summed E-state index contributed by atoms with van der Waals surface area (Å²) in [7, 11) is 0. The van der Waals surface area contributed by atoms with E-state index in [2.05, 4.69) is 31.7 Å². The van der Waals surface area contributed by atoms with Gasteiger partial charge in [-0.15, -0.1) is 0 Å². The zero-order valence-electron chi connectivity index (χ0n) is 17.8. The van der Waals surface area contributed by atoms with Gasteiger partial charge in [-0.3, -0.25) is 24.5 Å². The fourth-order valence-corrected chi connectivity index (χ4v) is 4.42. The Kier molecular flexibility index (Phi) is 5.74. The predicted molar refractivity (Wildman–Crippen MR) is 127 cm³/mol. The smallest absolute Gasteiger partial charge is 0.275 e. The molecule has 1 unspecified atom stereocenters. The molecule has 2 aromatic carbocycles. The third-order valence-electron chi connectivity index (χ3n) is 5.81. The molecule has 3 amide bonds. The van der Waals surface area contributed by atoms with Gasteiger partial charge in [-0.25, -0.2) is 4.68 Å². The lowest BCUT2D eigenvalue weighted by atomic mass is 10.1. The number of hydrogen-bond donors (Lipinski definition) is 2. The van der Waals surface area contributed by atoms with Crippen LogP contribution in [-0.4, -0.2) is 34.1 Å². The summed E-state index contributed by atoms with van der Waals surface area (Å²) in [6.07, 6.45) is 3.71. The molecule has 1 atom stereocenters. The number of ether oxygens (including phenoxy) is 1. The number of imide groups is 1. The molecule has 1 fully saturated rings. The van der Waals surface area contributed by atoms with Gasteiger partial charge in [0.2, 0.25) is 5.91 Å². The second-order valence-corrected chi connectivity index (χ2v) is 9.02. The summed E-state index contributed by atoms with van der Waals surface area (Å²) >= 11 is 3.42. The molecule has 0 spiro atoms. The second kappa shape index (κ2) is 8.86. The minimum atomic E-state index is -0.815. The number of carbonyl (C=O) groups excluding carboxylic acids is 3. The van der Waals surface area contributed by atoms with E-state index in [4.69, 9.17) is 4.74 Å². The first kappa shape index (κ1) is 22.0. The van der Waals surface area contributed by atoms with Gasteiger partial charge in [0.1, 0.15) is 18.4 Å². The van der Waals surface area contributed by atoms with Crippen molar-refractivity contribution >= 4 is 50.5 Å². The van der Waals surface area contributed by atoms with Gasteiger partial charge >= 0.3 is 0 Å². The average molecular weight is 523 g/mol. The zero-order valence-corrected chi connectivity index (χ0v) is 19.4. The van der Waals surface area contributed by atoms with Gasteiger partial charge in [0.25, 0.3) is 17.4 Å².